The number of aliphatic hydroxyl groups excluding tert-OH is 1. The third kappa shape index (κ3) is 3.71. The van der Waals surface area contributed by atoms with E-state index in [-0.39, 0.29) is 6.61 Å². The van der Waals surface area contributed by atoms with Crippen molar-refractivity contribution in [1.82, 2.24) is 19.5 Å². The van der Waals surface area contributed by atoms with Gasteiger partial charge in [-0.2, -0.15) is 5.10 Å². The van der Waals surface area contributed by atoms with Gasteiger partial charge in [-0.1, -0.05) is 18.6 Å². The van der Waals surface area contributed by atoms with Crippen LogP contribution in [0.2, 0.25) is 0 Å². The Morgan fingerprint density at radius 3 is 3.08 bits per heavy atom. The Morgan fingerprint density at radius 2 is 2.15 bits per heavy atom. The minimum Gasteiger partial charge on any atom is -0.491 e. The predicted molar refractivity (Wildman–Crippen MR) is 99.0 cm³/mol. The van der Waals surface area contributed by atoms with Crippen LogP contribution in [0.4, 0.5) is 0 Å². The summed E-state index contributed by atoms with van der Waals surface area (Å²) in [6.45, 7) is 2.29. The van der Waals surface area contributed by atoms with Crippen molar-refractivity contribution in [3.63, 3.8) is 0 Å². The molecule has 0 aliphatic carbocycles. The van der Waals surface area contributed by atoms with Gasteiger partial charge in [0.05, 0.1) is 24.5 Å². The molecule has 1 unspecified atom stereocenters. The lowest BCUT2D eigenvalue weighted by atomic mass is 9.98. The van der Waals surface area contributed by atoms with Gasteiger partial charge in [-0.15, -0.1) is 0 Å². The largest absolute Gasteiger partial charge is 0.491 e. The third-order valence-corrected chi connectivity index (χ3v) is 4.88. The van der Waals surface area contributed by atoms with E-state index in [1.54, 1.807) is 10.7 Å². The van der Waals surface area contributed by atoms with Crippen LogP contribution in [0.25, 0.3) is 5.65 Å². The van der Waals surface area contributed by atoms with Crippen LogP contribution in [0.1, 0.15) is 36.6 Å². The van der Waals surface area contributed by atoms with E-state index in [2.05, 4.69) is 28.2 Å². The molecule has 0 radical (unpaired) electrons. The van der Waals surface area contributed by atoms with Crippen LogP contribution >= 0.6 is 0 Å². The summed E-state index contributed by atoms with van der Waals surface area (Å²) in [5.74, 6) is 0.809. The summed E-state index contributed by atoms with van der Waals surface area (Å²) in [5, 5.41) is 13.2. The van der Waals surface area contributed by atoms with E-state index >= 15 is 0 Å². The number of piperidine rings is 1. The minimum absolute atomic E-state index is 0.0289. The van der Waals surface area contributed by atoms with E-state index < -0.39 is 0 Å². The fourth-order valence-corrected chi connectivity index (χ4v) is 3.66. The molecular formula is C20H24N4O2. The van der Waals surface area contributed by atoms with Crippen LogP contribution in [-0.2, 0) is 6.54 Å². The van der Waals surface area contributed by atoms with Gasteiger partial charge in [0.25, 0.3) is 0 Å². The first-order valence-electron chi connectivity index (χ1n) is 9.20. The second-order valence-electron chi connectivity index (χ2n) is 6.69. The average molecular weight is 352 g/mol. The van der Waals surface area contributed by atoms with Gasteiger partial charge >= 0.3 is 0 Å². The molecule has 1 aliphatic rings. The maximum atomic E-state index is 8.93. The molecule has 1 fully saturated rings. The van der Waals surface area contributed by atoms with Crippen molar-refractivity contribution >= 4 is 5.65 Å². The van der Waals surface area contributed by atoms with Crippen LogP contribution in [0.5, 0.6) is 5.75 Å². The average Bonchev–Trinajstić information content (AvgIpc) is 3.15. The molecule has 6 heteroatoms. The molecule has 136 valence electrons. The number of rotatable bonds is 6. The van der Waals surface area contributed by atoms with E-state index in [4.69, 9.17) is 14.8 Å². The Morgan fingerprint density at radius 1 is 1.19 bits per heavy atom. The summed E-state index contributed by atoms with van der Waals surface area (Å²) < 4.78 is 7.35. The summed E-state index contributed by atoms with van der Waals surface area (Å²) in [4.78, 5) is 7.32. The van der Waals surface area contributed by atoms with Gasteiger partial charge in [0.1, 0.15) is 12.4 Å². The van der Waals surface area contributed by atoms with E-state index in [1.807, 2.05) is 24.4 Å². The molecule has 26 heavy (non-hydrogen) atoms. The van der Waals surface area contributed by atoms with E-state index in [1.165, 1.54) is 18.4 Å². The second-order valence-corrected chi connectivity index (χ2v) is 6.69. The summed E-state index contributed by atoms with van der Waals surface area (Å²) >= 11 is 0. The number of nitrogens with zero attached hydrogens (tertiary/aromatic N) is 4. The van der Waals surface area contributed by atoms with Crippen molar-refractivity contribution in [3.8, 4) is 5.75 Å². The molecule has 3 heterocycles. The van der Waals surface area contributed by atoms with Gasteiger partial charge < -0.3 is 9.84 Å². The number of hydrogen-bond acceptors (Lipinski definition) is 5. The zero-order valence-corrected chi connectivity index (χ0v) is 14.8. The normalized spacial score (nSPS) is 18.3. The number of likely N-dealkylation sites (tertiary alicyclic amines) is 1. The SMILES string of the molecule is OCCOc1cccc(CN2CCCCC2c2ccn3nccc3n2)c1. The number of aromatic nitrogens is 3. The summed E-state index contributed by atoms with van der Waals surface area (Å²) in [7, 11) is 0. The predicted octanol–water partition coefficient (Wildman–Crippen LogP) is 2.83. The highest BCUT2D eigenvalue weighted by atomic mass is 16.5. The number of ether oxygens (including phenoxy) is 1. The smallest absolute Gasteiger partial charge is 0.155 e. The first kappa shape index (κ1) is 17.0. The van der Waals surface area contributed by atoms with Crippen LogP contribution < -0.4 is 4.74 Å². The molecule has 0 spiro atoms. The van der Waals surface area contributed by atoms with Gasteiger partial charge in [-0.25, -0.2) is 9.50 Å². The molecule has 2 aromatic heterocycles. The molecule has 6 nitrogen and oxygen atoms in total. The van der Waals surface area contributed by atoms with Crippen LogP contribution in [0.3, 0.4) is 0 Å². The number of aliphatic hydroxyl groups is 1. The lowest BCUT2D eigenvalue weighted by Gasteiger charge is -2.35. The lowest BCUT2D eigenvalue weighted by Crippen LogP contribution is -2.33. The van der Waals surface area contributed by atoms with Gasteiger partial charge in [0.15, 0.2) is 5.65 Å². The topological polar surface area (TPSA) is 62.9 Å². The van der Waals surface area contributed by atoms with Gasteiger partial charge in [0, 0.05) is 18.8 Å². The standard InChI is InChI=1S/C20H24N4O2/c25-12-13-26-17-5-3-4-16(14-17)15-23-10-2-1-6-19(23)18-8-11-24-20(22-18)7-9-21-24/h3-5,7-9,11,14,19,25H,1-2,6,10,12-13,15H2. The van der Waals surface area contributed by atoms with Crippen molar-refractivity contribution in [1.29, 1.82) is 0 Å². The number of fused-ring (bicyclic) bond motifs is 1. The zero-order chi connectivity index (χ0) is 17.8. The molecular weight excluding hydrogens is 328 g/mol. The zero-order valence-electron chi connectivity index (χ0n) is 14.8. The van der Waals surface area contributed by atoms with E-state index in [9.17, 15) is 0 Å². The molecule has 3 aromatic rings. The number of hydrogen-bond donors (Lipinski definition) is 1. The van der Waals surface area contributed by atoms with Crippen LogP contribution in [0.15, 0.2) is 48.8 Å². The molecule has 0 amide bonds. The summed E-state index contributed by atoms with van der Waals surface area (Å²) in [6.07, 6.45) is 7.34. The molecule has 1 aliphatic heterocycles. The first-order valence-corrected chi connectivity index (χ1v) is 9.20. The minimum atomic E-state index is 0.0289. The molecule has 1 aromatic carbocycles. The van der Waals surface area contributed by atoms with Crippen LogP contribution in [0, 0.1) is 0 Å². The van der Waals surface area contributed by atoms with Crippen molar-refractivity contribution in [2.45, 2.75) is 31.8 Å². The first-order chi connectivity index (χ1) is 12.8. The van der Waals surface area contributed by atoms with Crippen molar-refractivity contribution in [2.24, 2.45) is 0 Å². The Labute approximate surface area is 153 Å². The maximum absolute atomic E-state index is 8.93. The van der Waals surface area contributed by atoms with Gasteiger partial charge in [0.2, 0.25) is 0 Å². The highest BCUT2D eigenvalue weighted by Crippen LogP contribution is 2.31. The molecule has 1 atom stereocenters. The summed E-state index contributed by atoms with van der Waals surface area (Å²) in [6, 6.07) is 12.5. The Balaban J connectivity index is 1.54. The second kappa shape index (κ2) is 7.85. The summed E-state index contributed by atoms with van der Waals surface area (Å²) in [5.41, 5.74) is 3.23. The maximum Gasteiger partial charge on any atom is 0.155 e. The number of benzene rings is 1. The molecule has 4 rings (SSSR count). The third-order valence-electron chi connectivity index (χ3n) is 4.88. The molecule has 1 N–H and O–H groups in total. The van der Waals surface area contributed by atoms with E-state index in [0.717, 1.165) is 36.6 Å². The highest BCUT2D eigenvalue weighted by Gasteiger charge is 2.25. The lowest BCUT2D eigenvalue weighted by molar-refractivity contribution is 0.137. The van der Waals surface area contributed by atoms with Crippen molar-refractivity contribution in [3.05, 3.63) is 60.0 Å². The van der Waals surface area contributed by atoms with E-state index in [0.29, 0.717) is 12.6 Å². The van der Waals surface area contributed by atoms with Crippen molar-refractivity contribution < 1.29 is 9.84 Å². The molecule has 0 saturated carbocycles. The Kier molecular flexibility index (Phi) is 5.13. The Hall–Kier alpha value is -2.44. The van der Waals surface area contributed by atoms with Gasteiger partial charge in [-0.05, 0) is 43.1 Å². The Bertz CT molecular complexity index is 864. The quantitative estimate of drug-likeness (QED) is 0.739. The van der Waals surface area contributed by atoms with Crippen molar-refractivity contribution in [2.75, 3.05) is 19.8 Å². The monoisotopic (exact) mass is 352 g/mol. The highest BCUT2D eigenvalue weighted by molar-refractivity contribution is 5.37. The fraction of sp³-hybridized carbons (Fsp3) is 0.400. The van der Waals surface area contributed by atoms with Gasteiger partial charge in [-0.3, -0.25) is 4.90 Å². The fourth-order valence-electron chi connectivity index (χ4n) is 3.66. The molecule has 0 bridgehead atoms. The van der Waals surface area contributed by atoms with Crippen LogP contribution in [-0.4, -0.2) is 44.4 Å². The molecule has 1 saturated heterocycles.